The normalized spacial score (nSPS) is 11.7. The number of hydrogen-bond donors (Lipinski definition) is 1. The summed E-state index contributed by atoms with van der Waals surface area (Å²) in [6, 6.07) is 19.3. The van der Waals surface area contributed by atoms with E-state index >= 15 is 0 Å². The Morgan fingerprint density at radius 3 is 2.68 bits per heavy atom. The Kier molecular flexibility index (Phi) is 5.55. The molecule has 0 fully saturated rings. The molecule has 1 amide bonds. The second-order valence-corrected chi connectivity index (χ2v) is 7.90. The number of hydrogen-bond acceptors (Lipinski definition) is 4. The maximum Gasteiger partial charge on any atom is 0.248 e. The van der Waals surface area contributed by atoms with Crippen LogP contribution in [-0.4, -0.2) is 18.0 Å². The molecule has 0 spiro atoms. The van der Waals surface area contributed by atoms with Crippen LogP contribution in [0.5, 0.6) is 5.75 Å². The Morgan fingerprint density at radius 1 is 1.06 bits per heavy atom. The maximum atomic E-state index is 13.4. The smallest absolute Gasteiger partial charge is 0.248 e. The van der Waals surface area contributed by atoms with Gasteiger partial charge in [-0.25, -0.2) is 4.39 Å². The second-order valence-electron chi connectivity index (χ2n) is 7.90. The molecule has 0 aliphatic heterocycles. The van der Waals surface area contributed by atoms with Crippen LogP contribution in [0.1, 0.15) is 12.5 Å². The molecule has 0 saturated heterocycles. The number of fused-ring (bicyclic) bond motifs is 2. The number of carbonyl (C=O) groups is 1. The van der Waals surface area contributed by atoms with Crippen LogP contribution in [0.15, 0.2) is 89.7 Å². The van der Waals surface area contributed by atoms with Crippen molar-refractivity contribution in [2.24, 2.45) is 0 Å². The fourth-order valence-corrected chi connectivity index (χ4v) is 4.04. The molecular weight excluding hydrogens is 431 g/mol. The topological polar surface area (TPSA) is 64.4 Å². The fourth-order valence-electron chi connectivity index (χ4n) is 4.04. The van der Waals surface area contributed by atoms with Gasteiger partial charge in [-0.1, -0.05) is 18.2 Å². The van der Waals surface area contributed by atoms with Gasteiger partial charge in [-0.15, -0.1) is 0 Å². The number of aromatic nitrogens is 1. The molecule has 0 radical (unpaired) electrons. The monoisotopic (exact) mass is 452 g/mol. The quantitative estimate of drug-likeness (QED) is 0.297. The highest BCUT2D eigenvalue weighted by Gasteiger charge is 2.15. The molecule has 0 atom stereocenters. The number of rotatable bonds is 5. The van der Waals surface area contributed by atoms with Crippen LogP contribution in [-0.2, 0) is 4.79 Å². The molecule has 0 bridgehead atoms. The van der Waals surface area contributed by atoms with Crippen LogP contribution >= 0.6 is 0 Å². The molecule has 6 heteroatoms. The summed E-state index contributed by atoms with van der Waals surface area (Å²) in [5.41, 5.74) is 5.28. The minimum absolute atomic E-state index is 0.262. The SMILES string of the molecule is COc1cc2occ(-c3ccc(F)cc3)c2cc1/C(C)=C/C(=O)Nc1cccc2ncccc12. The van der Waals surface area contributed by atoms with Crippen LogP contribution in [0.4, 0.5) is 10.1 Å². The Hall–Kier alpha value is -4.45. The highest BCUT2D eigenvalue weighted by Crippen LogP contribution is 2.37. The van der Waals surface area contributed by atoms with E-state index in [1.807, 2.05) is 43.3 Å². The van der Waals surface area contributed by atoms with Gasteiger partial charge in [-0.2, -0.15) is 0 Å². The van der Waals surface area contributed by atoms with E-state index in [9.17, 15) is 9.18 Å². The molecule has 2 heterocycles. The molecule has 0 saturated carbocycles. The maximum absolute atomic E-state index is 13.4. The summed E-state index contributed by atoms with van der Waals surface area (Å²) in [5.74, 6) is 0.0241. The largest absolute Gasteiger partial charge is 0.496 e. The van der Waals surface area contributed by atoms with Gasteiger partial charge in [0, 0.05) is 40.2 Å². The van der Waals surface area contributed by atoms with E-state index in [1.165, 1.54) is 18.2 Å². The van der Waals surface area contributed by atoms with Crippen molar-refractivity contribution >= 4 is 39.0 Å². The van der Waals surface area contributed by atoms with Crippen LogP contribution in [0.3, 0.4) is 0 Å². The van der Waals surface area contributed by atoms with Gasteiger partial charge in [-0.05, 0) is 60.5 Å². The Labute approximate surface area is 195 Å². The molecule has 168 valence electrons. The zero-order valence-electron chi connectivity index (χ0n) is 18.6. The number of methoxy groups -OCH3 is 1. The van der Waals surface area contributed by atoms with Gasteiger partial charge in [0.15, 0.2) is 0 Å². The van der Waals surface area contributed by atoms with Crippen molar-refractivity contribution in [1.29, 1.82) is 0 Å². The summed E-state index contributed by atoms with van der Waals surface area (Å²) < 4.78 is 24.7. The van der Waals surface area contributed by atoms with E-state index in [2.05, 4.69) is 10.3 Å². The Balaban J connectivity index is 1.51. The summed E-state index contributed by atoms with van der Waals surface area (Å²) >= 11 is 0. The number of benzene rings is 3. The van der Waals surface area contributed by atoms with Crippen molar-refractivity contribution in [3.8, 4) is 16.9 Å². The fraction of sp³-hybridized carbons (Fsp3) is 0.0714. The van der Waals surface area contributed by atoms with E-state index in [0.717, 1.165) is 38.6 Å². The highest BCUT2D eigenvalue weighted by molar-refractivity contribution is 6.09. The van der Waals surface area contributed by atoms with Crippen LogP contribution in [0.25, 0.3) is 38.6 Å². The van der Waals surface area contributed by atoms with E-state index in [4.69, 9.17) is 9.15 Å². The molecule has 5 nitrogen and oxygen atoms in total. The van der Waals surface area contributed by atoms with E-state index < -0.39 is 0 Å². The number of pyridine rings is 1. The lowest BCUT2D eigenvalue weighted by Crippen LogP contribution is -2.09. The molecule has 0 unspecified atom stereocenters. The standard InChI is InChI=1S/C28H21FN2O3/c1-17(13-28(32)31-25-7-3-6-24-20(25)5-4-12-30-24)21-14-22-23(18-8-10-19(29)11-9-18)16-34-27(22)15-26(21)33-2/h3-16H,1-2H3,(H,31,32)/b17-13+. The van der Waals surface area contributed by atoms with Gasteiger partial charge >= 0.3 is 0 Å². The third-order valence-electron chi connectivity index (χ3n) is 5.73. The first-order valence-electron chi connectivity index (χ1n) is 10.7. The number of amides is 1. The molecule has 2 aromatic heterocycles. The number of allylic oxidation sites excluding steroid dienone is 1. The average Bonchev–Trinajstić information content (AvgIpc) is 3.26. The second kappa shape index (κ2) is 8.83. The highest BCUT2D eigenvalue weighted by atomic mass is 19.1. The van der Waals surface area contributed by atoms with Gasteiger partial charge in [0.2, 0.25) is 5.91 Å². The zero-order chi connectivity index (χ0) is 23.7. The number of furan rings is 1. The van der Waals surface area contributed by atoms with Crippen molar-refractivity contribution in [3.63, 3.8) is 0 Å². The summed E-state index contributed by atoms with van der Waals surface area (Å²) in [6.07, 6.45) is 4.90. The van der Waals surface area contributed by atoms with Gasteiger partial charge in [0.1, 0.15) is 17.1 Å². The lowest BCUT2D eigenvalue weighted by atomic mass is 9.99. The Morgan fingerprint density at radius 2 is 1.88 bits per heavy atom. The molecule has 5 rings (SSSR count). The molecule has 3 aromatic carbocycles. The lowest BCUT2D eigenvalue weighted by Gasteiger charge is -2.11. The van der Waals surface area contributed by atoms with Crippen molar-refractivity contribution < 1.29 is 18.3 Å². The third-order valence-corrected chi connectivity index (χ3v) is 5.73. The summed E-state index contributed by atoms with van der Waals surface area (Å²) in [5, 5.41) is 4.66. The number of nitrogens with zero attached hydrogens (tertiary/aromatic N) is 1. The van der Waals surface area contributed by atoms with E-state index in [1.54, 1.807) is 37.8 Å². The van der Waals surface area contributed by atoms with Crippen LogP contribution < -0.4 is 10.1 Å². The zero-order valence-corrected chi connectivity index (χ0v) is 18.6. The number of ether oxygens (including phenoxy) is 1. The minimum Gasteiger partial charge on any atom is -0.496 e. The first kappa shape index (κ1) is 21.4. The molecule has 0 aliphatic carbocycles. The number of halogens is 1. The van der Waals surface area contributed by atoms with Crippen molar-refractivity contribution in [2.75, 3.05) is 12.4 Å². The number of anilines is 1. The van der Waals surface area contributed by atoms with Crippen molar-refractivity contribution in [1.82, 2.24) is 4.98 Å². The van der Waals surface area contributed by atoms with E-state index in [-0.39, 0.29) is 11.7 Å². The lowest BCUT2D eigenvalue weighted by molar-refractivity contribution is -0.111. The van der Waals surface area contributed by atoms with Gasteiger partial charge < -0.3 is 14.5 Å². The predicted octanol–water partition coefficient (Wildman–Crippen LogP) is 6.84. The van der Waals surface area contributed by atoms with Gasteiger partial charge in [0.25, 0.3) is 0 Å². The minimum atomic E-state index is -0.300. The van der Waals surface area contributed by atoms with Crippen molar-refractivity contribution in [3.05, 3.63) is 96.6 Å². The molecule has 34 heavy (non-hydrogen) atoms. The molecular formula is C28H21FN2O3. The van der Waals surface area contributed by atoms with Crippen molar-refractivity contribution in [2.45, 2.75) is 6.92 Å². The predicted molar refractivity (Wildman–Crippen MR) is 132 cm³/mol. The molecule has 5 aromatic rings. The summed E-state index contributed by atoms with van der Waals surface area (Å²) in [4.78, 5) is 17.2. The average molecular weight is 452 g/mol. The summed E-state index contributed by atoms with van der Waals surface area (Å²) in [7, 11) is 1.57. The molecule has 0 aliphatic rings. The van der Waals surface area contributed by atoms with Gasteiger partial charge in [0.05, 0.1) is 24.6 Å². The van der Waals surface area contributed by atoms with Crippen LogP contribution in [0.2, 0.25) is 0 Å². The van der Waals surface area contributed by atoms with E-state index in [0.29, 0.717) is 17.0 Å². The number of carbonyl (C=O) groups excluding carboxylic acids is 1. The first-order chi connectivity index (χ1) is 16.5. The Bertz CT molecular complexity index is 1550. The number of nitrogens with one attached hydrogen (secondary N) is 1. The van der Waals surface area contributed by atoms with Crippen LogP contribution in [0, 0.1) is 5.82 Å². The first-order valence-corrected chi connectivity index (χ1v) is 10.7. The molecule has 1 N–H and O–H groups in total. The summed E-state index contributed by atoms with van der Waals surface area (Å²) in [6.45, 7) is 1.85. The third kappa shape index (κ3) is 4.01. The van der Waals surface area contributed by atoms with Gasteiger partial charge in [-0.3, -0.25) is 9.78 Å².